The van der Waals surface area contributed by atoms with Crippen LogP contribution in [-0.4, -0.2) is 43.0 Å². The Labute approximate surface area is 103 Å². The number of nitrogens with zero attached hydrogens (tertiary/aromatic N) is 2. The average Bonchev–Trinajstić information content (AvgIpc) is 2.28. The molecule has 0 aliphatic rings. The third kappa shape index (κ3) is 4.50. The maximum absolute atomic E-state index is 12.5. The molecule has 0 amide bonds. The van der Waals surface area contributed by atoms with Crippen molar-refractivity contribution in [3.63, 3.8) is 0 Å². The maximum atomic E-state index is 12.5. The third-order valence-corrected chi connectivity index (χ3v) is 2.27. The van der Waals surface area contributed by atoms with E-state index in [0.29, 0.717) is 12.1 Å². The fourth-order valence-electron chi connectivity index (χ4n) is 1.64. The summed E-state index contributed by atoms with van der Waals surface area (Å²) in [6.07, 6.45) is -2.89. The van der Waals surface area contributed by atoms with Crippen LogP contribution in [0.15, 0.2) is 18.3 Å². The first-order valence-corrected chi connectivity index (χ1v) is 5.49. The quantitative estimate of drug-likeness (QED) is 0.808. The predicted octanol–water partition coefficient (Wildman–Crippen LogP) is 1.16. The van der Waals surface area contributed by atoms with E-state index in [0.717, 1.165) is 4.90 Å². The lowest BCUT2D eigenvalue weighted by atomic mass is 10.2. The second-order valence-corrected chi connectivity index (χ2v) is 3.78. The molecule has 1 aromatic rings. The Morgan fingerprint density at radius 1 is 1.44 bits per heavy atom. The van der Waals surface area contributed by atoms with Crippen LogP contribution >= 0.6 is 0 Å². The Morgan fingerprint density at radius 2 is 2.17 bits per heavy atom. The summed E-state index contributed by atoms with van der Waals surface area (Å²) in [5, 5.41) is 11.7. The second-order valence-electron chi connectivity index (χ2n) is 3.78. The van der Waals surface area contributed by atoms with Crippen LogP contribution in [0.3, 0.4) is 0 Å². The maximum Gasteiger partial charge on any atom is 0.405 e. The number of aromatic nitrogens is 1. The second kappa shape index (κ2) is 6.55. The molecular weight excluding hydrogens is 247 g/mol. The first-order valence-electron chi connectivity index (χ1n) is 5.49. The van der Waals surface area contributed by atoms with Gasteiger partial charge >= 0.3 is 6.18 Å². The number of aliphatic hydroxyl groups is 1. The van der Waals surface area contributed by atoms with Crippen LogP contribution in [0.25, 0.3) is 0 Å². The molecule has 0 saturated heterocycles. The lowest BCUT2D eigenvalue weighted by Gasteiger charge is -2.26. The van der Waals surface area contributed by atoms with Gasteiger partial charge in [-0.2, -0.15) is 13.2 Å². The summed E-state index contributed by atoms with van der Waals surface area (Å²) >= 11 is 0. The molecule has 0 aliphatic carbocycles. The smallest absolute Gasteiger partial charge is 0.395 e. The van der Waals surface area contributed by atoms with E-state index in [4.69, 9.17) is 5.11 Å². The molecule has 2 N–H and O–H groups in total. The van der Waals surface area contributed by atoms with Gasteiger partial charge in [-0.3, -0.25) is 0 Å². The van der Waals surface area contributed by atoms with E-state index in [1.165, 1.54) is 6.20 Å². The first-order chi connectivity index (χ1) is 8.48. The molecule has 0 radical (unpaired) electrons. The predicted molar refractivity (Wildman–Crippen MR) is 62.4 cm³/mol. The summed E-state index contributed by atoms with van der Waals surface area (Å²) in [7, 11) is 1.71. The molecule has 0 unspecified atom stereocenters. The summed E-state index contributed by atoms with van der Waals surface area (Å²) in [6, 6.07) is 3.38. The number of hydrogen-bond acceptors (Lipinski definition) is 4. The van der Waals surface area contributed by atoms with Gasteiger partial charge in [0.25, 0.3) is 0 Å². The minimum Gasteiger partial charge on any atom is -0.395 e. The normalized spacial score (nSPS) is 11.6. The number of alkyl halides is 3. The van der Waals surface area contributed by atoms with Crippen molar-refractivity contribution >= 4 is 5.82 Å². The number of anilines is 1. The van der Waals surface area contributed by atoms with Gasteiger partial charge in [-0.1, -0.05) is 6.07 Å². The number of nitrogens with one attached hydrogen (secondary N) is 1. The van der Waals surface area contributed by atoms with E-state index in [1.54, 1.807) is 19.2 Å². The number of aliphatic hydroxyl groups excluding tert-OH is 1. The van der Waals surface area contributed by atoms with E-state index >= 15 is 0 Å². The zero-order chi connectivity index (χ0) is 13.6. The summed E-state index contributed by atoms with van der Waals surface area (Å²) in [5.74, 6) is 0.248. The molecule has 0 aliphatic heterocycles. The Kier molecular flexibility index (Phi) is 5.36. The van der Waals surface area contributed by atoms with Crippen molar-refractivity contribution in [2.24, 2.45) is 0 Å². The van der Waals surface area contributed by atoms with Gasteiger partial charge in [0.05, 0.1) is 6.61 Å². The van der Waals surface area contributed by atoms with Crippen LogP contribution in [0, 0.1) is 0 Å². The van der Waals surface area contributed by atoms with Crippen molar-refractivity contribution in [2.75, 3.05) is 31.6 Å². The van der Waals surface area contributed by atoms with Crippen LogP contribution in [0.4, 0.5) is 19.0 Å². The molecule has 4 nitrogen and oxygen atoms in total. The molecule has 7 heteroatoms. The molecule has 18 heavy (non-hydrogen) atoms. The summed E-state index contributed by atoms with van der Waals surface area (Å²) < 4.78 is 37.4. The van der Waals surface area contributed by atoms with Crippen molar-refractivity contribution in [1.29, 1.82) is 0 Å². The monoisotopic (exact) mass is 263 g/mol. The van der Waals surface area contributed by atoms with Crippen molar-refractivity contribution in [1.82, 2.24) is 10.3 Å². The van der Waals surface area contributed by atoms with Crippen molar-refractivity contribution in [3.8, 4) is 0 Å². The molecule has 1 aromatic heterocycles. The van der Waals surface area contributed by atoms with Crippen LogP contribution in [0.1, 0.15) is 5.56 Å². The fraction of sp³-hybridized carbons (Fsp3) is 0.545. The van der Waals surface area contributed by atoms with Gasteiger partial charge in [0, 0.05) is 24.8 Å². The van der Waals surface area contributed by atoms with Crippen molar-refractivity contribution < 1.29 is 18.3 Å². The van der Waals surface area contributed by atoms with Crippen LogP contribution in [-0.2, 0) is 6.54 Å². The largest absolute Gasteiger partial charge is 0.405 e. The lowest BCUT2D eigenvalue weighted by Crippen LogP contribution is -2.37. The highest BCUT2D eigenvalue weighted by molar-refractivity contribution is 5.46. The lowest BCUT2D eigenvalue weighted by molar-refractivity contribution is -0.120. The highest BCUT2D eigenvalue weighted by Crippen LogP contribution is 2.23. The minimum absolute atomic E-state index is 0.104. The summed E-state index contributed by atoms with van der Waals surface area (Å²) in [4.78, 5) is 5.01. The van der Waals surface area contributed by atoms with Gasteiger partial charge in [-0.25, -0.2) is 4.98 Å². The standard InChI is InChI=1S/C11H16F3N3O/c1-15-7-9-3-2-4-16-10(9)17(5-6-18)8-11(12,13)14/h2-4,15,18H,5-8H2,1H3. The number of hydrogen-bond donors (Lipinski definition) is 2. The Hall–Kier alpha value is -1.34. The highest BCUT2D eigenvalue weighted by Gasteiger charge is 2.31. The van der Waals surface area contributed by atoms with Crippen molar-refractivity contribution in [3.05, 3.63) is 23.9 Å². The molecule has 1 heterocycles. The van der Waals surface area contributed by atoms with E-state index in [9.17, 15) is 13.2 Å². The average molecular weight is 263 g/mol. The zero-order valence-electron chi connectivity index (χ0n) is 10.0. The Balaban J connectivity index is 2.97. The molecule has 102 valence electrons. The molecule has 0 atom stereocenters. The SMILES string of the molecule is CNCc1cccnc1N(CCO)CC(F)(F)F. The van der Waals surface area contributed by atoms with Crippen molar-refractivity contribution in [2.45, 2.75) is 12.7 Å². The van der Waals surface area contributed by atoms with Gasteiger partial charge in [-0.15, -0.1) is 0 Å². The van der Waals surface area contributed by atoms with Gasteiger partial charge in [0.1, 0.15) is 12.4 Å². The zero-order valence-corrected chi connectivity index (χ0v) is 10.0. The molecular formula is C11H16F3N3O. The fourth-order valence-corrected chi connectivity index (χ4v) is 1.64. The van der Waals surface area contributed by atoms with Crippen LogP contribution < -0.4 is 10.2 Å². The number of halogens is 3. The molecule has 1 rings (SSSR count). The Bertz CT molecular complexity index is 371. The van der Waals surface area contributed by atoms with E-state index in [-0.39, 0.29) is 19.0 Å². The van der Waals surface area contributed by atoms with Gasteiger partial charge in [0.2, 0.25) is 0 Å². The molecule has 0 fully saturated rings. The molecule has 0 saturated carbocycles. The highest BCUT2D eigenvalue weighted by atomic mass is 19.4. The Morgan fingerprint density at radius 3 is 2.72 bits per heavy atom. The molecule has 0 aromatic carbocycles. The van der Waals surface area contributed by atoms with E-state index in [2.05, 4.69) is 10.3 Å². The van der Waals surface area contributed by atoms with Gasteiger partial charge < -0.3 is 15.3 Å². The third-order valence-electron chi connectivity index (χ3n) is 2.27. The minimum atomic E-state index is -4.33. The van der Waals surface area contributed by atoms with Crippen LogP contribution in [0.5, 0.6) is 0 Å². The summed E-state index contributed by atoms with van der Waals surface area (Å²) in [5.41, 5.74) is 0.665. The van der Waals surface area contributed by atoms with Crippen LogP contribution in [0.2, 0.25) is 0 Å². The molecule has 0 bridgehead atoms. The van der Waals surface area contributed by atoms with E-state index < -0.39 is 12.7 Å². The first kappa shape index (κ1) is 14.7. The van der Waals surface area contributed by atoms with Gasteiger partial charge in [0.15, 0.2) is 0 Å². The number of rotatable bonds is 6. The molecule has 0 spiro atoms. The summed E-state index contributed by atoms with van der Waals surface area (Å²) in [6.45, 7) is -1.16. The number of pyridine rings is 1. The van der Waals surface area contributed by atoms with E-state index in [1.807, 2.05) is 0 Å². The topological polar surface area (TPSA) is 48.4 Å². The van der Waals surface area contributed by atoms with Gasteiger partial charge in [-0.05, 0) is 13.1 Å².